The van der Waals surface area contributed by atoms with Crippen molar-refractivity contribution in [2.24, 2.45) is 0 Å². The summed E-state index contributed by atoms with van der Waals surface area (Å²) in [6, 6.07) is 16.6. The van der Waals surface area contributed by atoms with Crippen LogP contribution in [0.2, 0.25) is 0 Å². The van der Waals surface area contributed by atoms with Crippen molar-refractivity contribution in [3.63, 3.8) is 0 Å². The van der Waals surface area contributed by atoms with Gasteiger partial charge in [-0.15, -0.1) is 0 Å². The molecule has 0 aliphatic carbocycles. The first kappa shape index (κ1) is 21.3. The van der Waals surface area contributed by atoms with Crippen LogP contribution in [0.3, 0.4) is 0 Å². The first-order valence-electron chi connectivity index (χ1n) is 10.4. The van der Waals surface area contributed by atoms with Crippen LogP contribution < -0.4 is 9.47 Å². The maximum atomic E-state index is 8.76. The van der Waals surface area contributed by atoms with Crippen molar-refractivity contribution in [2.75, 3.05) is 19.8 Å². The summed E-state index contributed by atoms with van der Waals surface area (Å²) < 4.78 is 11.6. The van der Waals surface area contributed by atoms with Crippen LogP contribution in [0, 0.1) is 0 Å². The maximum Gasteiger partial charge on any atom is 0.119 e. The molecule has 2 rings (SSSR count). The topological polar surface area (TPSA) is 38.7 Å². The molecule has 2 aromatic carbocycles. The lowest BCUT2D eigenvalue weighted by Crippen LogP contribution is -1.97. The Hall–Kier alpha value is -2.00. The number of aliphatic hydroxyl groups excluding tert-OH is 1. The average molecular weight is 371 g/mol. The Kier molecular flexibility index (Phi) is 10.4. The van der Waals surface area contributed by atoms with E-state index < -0.39 is 0 Å². The van der Waals surface area contributed by atoms with Crippen LogP contribution in [0.1, 0.15) is 58.3 Å². The van der Waals surface area contributed by atoms with E-state index in [4.69, 9.17) is 14.6 Å². The van der Waals surface area contributed by atoms with E-state index in [0.717, 1.165) is 56.8 Å². The predicted molar refractivity (Wildman–Crippen MR) is 113 cm³/mol. The van der Waals surface area contributed by atoms with Crippen LogP contribution in [0.25, 0.3) is 11.1 Å². The molecule has 0 aliphatic rings. The zero-order valence-electron chi connectivity index (χ0n) is 16.7. The minimum atomic E-state index is 0.286. The van der Waals surface area contributed by atoms with Crippen molar-refractivity contribution in [2.45, 2.75) is 58.3 Å². The molecule has 3 heteroatoms. The third-order valence-corrected chi connectivity index (χ3v) is 4.63. The van der Waals surface area contributed by atoms with Crippen LogP contribution in [0.15, 0.2) is 48.5 Å². The lowest BCUT2D eigenvalue weighted by molar-refractivity contribution is 0.273. The second-order valence-corrected chi connectivity index (χ2v) is 6.94. The Labute approximate surface area is 164 Å². The summed E-state index contributed by atoms with van der Waals surface area (Å²) >= 11 is 0. The molecule has 0 fully saturated rings. The summed E-state index contributed by atoms with van der Waals surface area (Å²) in [5.41, 5.74) is 2.36. The van der Waals surface area contributed by atoms with Gasteiger partial charge >= 0.3 is 0 Å². The minimum absolute atomic E-state index is 0.286. The normalized spacial score (nSPS) is 10.7. The van der Waals surface area contributed by atoms with Crippen LogP contribution in [0.5, 0.6) is 11.5 Å². The van der Waals surface area contributed by atoms with Crippen molar-refractivity contribution in [1.82, 2.24) is 0 Å². The number of ether oxygens (including phenoxy) is 2. The standard InChI is InChI=1S/C24H34O3/c1-2-3-4-8-19-26-23-14-10-21(11-15-23)22-12-16-24(17-13-22)27-20-9-6-5-7-18-25/h10-17,25H,2-9,18-20H2,1H3. The fraction of sp³-hybridized carbons (Fsp3) is 0.500. The van der Waals surface area contributed by atoms with E-state index in [0.29, 0.717) is 0 Å². The highest BCUT2D eigenvalue weighted by atomic mass is 16.5. The molecule has 3 nitrogen and oxygen atoms in total. The van der Waals surface area contributed by atoms with Crippen molar-refractivity contribution < 1.29 is 14.6 Å². The third-order valence-electron chi connectivity index (χ3n) is 4.63. The first-order valence-corrected chi connectivity index (χ1v) is 10.4. The largest absolute Gasteiger partial charge is 0.494 e. The molecule has 0 unspecified atom stereocenters. The summed E-state index contributed by atoms with van der Waals surface area (Å²) in [6.45, 7) is 4.04. The molecule has 1 N–H and O–H groups in total. The molecular formula is C24H34O3. The molecule has 0 radical (unpaired) electrons. The summed E-state index contributed by atoms with van der Waals surface area (Å²) in [6.07, 6.45) is 8.99. The second kappa shape index (κ2) is 13.2. The van der Waals surface area contributed by atoms with Crippen LogP contribution in [0.4, 0.5) is 0 Å². The molecule has 27 heavy (non-hydrogen) atoms. The Bertz CT molecular complexity index is 605. The number of rotatable bonds is 14. The molecule has 0 aromatic heterocycles. The average Bonchev–Trinajstić information content (AvgIpc) is 2.71. The molecule has 0 heterocycles. The van der Waals surface area contributed by atoms with Gasteiger partial charge in [-0.3, -0.25) is 0 Å². The molecule has 0 amide bonds. The van der Waals surface area contributed by atoms with Gasteiger partial charge in [0.15, 0.2) is 0 Å². The van der Waals surface area contributed by atoms with E-state index in [1.807, 2.05) is 24.3 Å². The maximum absolute atomic E-state index is 8.76. The van der Waals surface area contributed by atoms with Gasteiger partial charge in [0.05, 0.1) is 13.2 Å². The molecule has 0 saturated carbocycles. The predicted octanol–water partition coefficient (Wildman–Crippen LogP) is 6.24. The van der Waals surface area contributed by atoms with Gasteiger partial charge in [0.2, 0.25) is 0 Å². The van der Waals surface area contributed by atoms with Gasteiger partial charge in [-0.1, -0.05) is 56.9 Å². The van der Waals surface area contributed by atoms with Gasteiger partial charge in [0.1, 0.15) is 11.5 Å². The molecule has 0 bridgehead atoms. The Morgan fingerprint density at radius 3 is 1.48 bits per heavy atom. The molecular weight excluding hydrogens is 336 g/mol. The number of aliphatic hydroxyl groups is 1. The fourth-order valence-electron chi connectivity index (χ4n) is 2.96. The molecule has 0 aliphatic heterocycles. The summed E-state index contributed by atoms with van der Waals surface area (Å²) in [5, 5.41) is 8.76. The van der Waals surface area contributed by atoms with Crippen molar-refractivity contribution in [3.8, 4) is 22.6 Å². The van der Waals surface area contributed by atoms with Gasteiger partial charge in [0, 0.05) is 6.61 Å². The van der Waals surface area contributed by atoms with Crippen LogP contribution in [-0.4, -0.2) is 24.9 Å². The van der Waals surface area contributed by atoms with E-state index >= 15 is 0 Å². The van der Waals surface area contributed by atoms with E-state index in [1.54, 1.807) is 0 Å². The molecule has 0 atom stereocenters. The van der Waals surface area contributed by atoms with E-state index in [1.165, 1.54) is 30.4 Å². The lowest BCUT2D eigenvalue weighted by atomic mass is 10.1. The fourth-order valence-corrected chi connectivity index (χ4v) is 2.96. The quantitative estimate of drug-likeness (QED) is 0.400. The van der Waals surface area contributed by atoms with Crippen molar-refractivity contribution >= 4 is 0 Å². The van der Waals surface area contributed by atoms with Gasteiger partial charge < -0.3 is 14.6 Å². The van der Waals surface area contributed by atoms with Gasteiger partial charge in [-0.25, -0.2) is 0 Å². The minimum Gasteiger partial charge on any atom is -0.494 e. The van der Waals surface area contributed by atoms with Gasteiger partial charge in [-0.2, -0.15) is 0 Å². The molecule has 2 aromatic rings. The van der Waals surface area contributed by atoms with E-state index in [9.17, 15) is 0 Å². The smallest absolute Gasteiger partial charge is 0.119 e. The molecule has 0 spiro atoms. The van der Waals surface area contributed by atoms with Crippen LogP contribution in [-0.2, 0) is 0 Å². The number of benzene rings is 2. The second-order valence-electron chi connectivity index (χ2n) is 6.94. The number of unbranched alkanes of at least 4 members (excludes halogenated alkanes) is 6. The van der Waals surface area contributed by atoms with Gasteiger partial charge in [-0.05, 0) is 61.1 Å². The first-order chi connectivity index (χ1) is 13.3. The highest BCUT2D eigenvalue weighted by Gasteiger charge is 2.01. The van der Waals surface area contributed by atoms with Crippen molar-refractivity contribution in [3.05, 3.63) is 48.5 Å². The number of hydrogen-bond donors (Lipinski definition) is 1. The van der Waals surface area contributed by atoms with Gasteiger partial charge in [0.25, 0.3) is 0 Å². The zero-order valence-corrected chi connectivity index (χ0v) is 16.7. The summed E-state index contributed by atoms with van der Waals surface area (Å²) in [4.78, 5) is 0. The Balaban J connectivity index is 1.74. The van der Waals surface area contributed by atoms with Crippen LogP contribution >= 0.6 is 0 Å². The third kappa shape index (κ3) is 8.49. The lowest BCUT2D eigenvalue weighted by Gasteiger charge is -2.09. The number of hydrogen-bond acceptors (Lipinski definition) is 3. The highest BCUT2D eigenvalue weighted by molar-refractivity contribution is 5.64. The Morgan fingerprint density at radius 1 is 0.593 bits per heavy atom. The van der Waals surface area contributed by atoms with Crippen molar-refractivity contribution in [1.29, 1.82) is 0 Å². The zero-order chi connectivity index (χ0) is 19.2. The van der Waals surface area contributed by atoms with E-state index in [2.05, 4.69) is 31.2 Å². The Morgan fingerprint density at radius 2 is 1.04 bits per heavy atom. The SMILES string of the molecule is CCCCCCOc1ccc(-c2ccc(OCCCCCCO)cc2)cc1. The highest BCUT2D eigenvalue weighted by Crippen LogP contribution is 2.25. The summed E-state index contributed by atoms with van der Waals surface area (Å²) in [5.74, 6) is 1.85. The monoisotopic (exact) mass is 370 g/mol. The summed E-state index contributed by atoms with van der Waals surface area (Å²) in [7, 11) is 0. The molecule has 148 valence electrons. The van der Waals surface area contributed by atoms with E-state index in [-0.39, 0.29) is 6.61 Å². The molecule has 0 saturated heterocycles.